The molecule has 3 rings (SSSR count). The molecule has 2 aromatic rings. The standard InChI is InChI=1S/C17H18N4O2S/c1-11-4-3-5-12(8-11)15-20-21-16(23-15)24-9-14(22)19-17(2,10-18)13-6-7-13/h3-5,8,13H,6-7,9H2,1-2H3,(H,19,22)/t17-/m1/s1. The molecule has 1 aromatic heterocycles. The number of nitrogens with zero attached hydrogens (tertiary/aromatic N) is 3. The van der Waals surface area contributed by atoms with E-state index in [1.54, 1.807) is 6.92 Å². The molecule has 1 saturated carbocycles. The topological polar surface area (TPSA) is 91.8 Å². The molecule has 0 saturated heterocycles. The summed E-state index contributed by atoms with van der Waals surface area (Å²) in [6.45, 7) is 3.77. The number of benzene rings is 1. The van der Waals surface area contributed by atoms with Crippen LogP contribution in [-0.4, -0.2) is 27.4 Å². The smallest absolute Gasteiger partial charge is 0.277 e. The largest absolute Gasteiger partial charge is 0.411 e. The highest BCUT2D eigenvalue weighted by molar-refractivity contribution is 7.99. The summed E-state index contributed by atoms with van der Waals surface area (Å²) < 4.78 is 5.59. The maximum Gasteiger partial charge on any atom is 0.277 e. The molecule has 0 radical (unpaired) electrons. The lowest BCUT2D eigenvalue weighted by Gasteiger charge is -2.22. The van der Waals surface area contributed by atoms with E-state index in [0.29, 0.717) is 11.1 Å². The first-order chi connectivity index (χ1) is 11.5. The maximum atomic E-state index is 12.1. The average Bonchev–Trinajstić information content (AvgIpc) is 3.32. The lowest BCUT2D eigenvalue weighted by molar-refractivity contribution is -0.119. The molecule has 1 fully saturated rings. The zero-order valence-corrected chi connectivity index (χ0v) is 14.4. The Bertz CT molecular complexity index is 794. The van der Waals surface area contributed by atoms with Gasteiger partial charge in [-0.3, -0.25) is 4.79 Å². The zero-order chi connectivity index (χ0) is 17.2. The van der Waals surface area contributed by atoms with E-state index in [1.807, 2.05) is 31.2 Å². The van der Waals surface area contributed by atoms with Gasteiger partial charge in [0, 0.05) is 5.56 Å². The Hall–Kier alpha value is -2.33. The van der Waals surface area contributed by atoms with E-state index in [2.05, 4.69) is 21.6 Å². The van der Waals surface area contributed by atoms with Gasteiger partial charge in [0.15, 0.2) is 0 Å². The van der Waals surface area contributed by atoms with Crippen molar-refractivity contribution in [2.24, 2.45) is 5.92 Å². The highest BCUT2D eigenvalue weighted by Crippen LogP contribution is 2.39. The van der Waals surface area contributed by atoms with Crippen LogP contribution < -0.4 is 5.32 Å². The molecule has 1 N–H and O–H groups in total. The highest BCUT2D eigenvalue weighted by atomic mass is 32.2. The van der Waals surface area contributed by atoms with E-state index in [9.17, 15) is 10.1 Å². The fourth-order valence-electron chi connectivity index (χ4n) is 2.50. The van der Waals surface area contributed by atoms with Gasteiger partial charge < -0.3 is 9.73 Å². The van der Waals surface area contributed by atoms with Crippen LogP contribution in [0.1, 0.15) is 25.3 Å². The van der Waals surface area contributed by atoms with E-state index >= 15 is 0 Å². The molecule has 1 aliphatic carbocycles. The molecular weight excluding hydrogens is 324 g/mol. The van der Waals surface area contributed by atoms with Crippen LogP contribution in [-0.2, 0) is 4.79 Å². The number of hydrogen-bond donors (Lipinski definition) is 1. The molecule has 0 unspecified atom stereocenters. The molecule has 0 spiro atoms. The van der Waals surface area contributed by atoms with Crippen molar-refractivity contribution in [1.82, 2.24) is 15.5 Å². The second-order valence-electron chi connectivity index (χ2n) is 6.17. The fraction of sp³-hybridized carbons (Fsp3) is 0.412. The van der Waals surface area contributed by atoms with E-state index in [0.717, 1.165) is 24.0 Å². The summed E-state index contributed by atoms with van der Waals surface area (Å²) in [6.07, 6.45) is 1.97. The van der Waals surface area contributed by atoms with Crippen molar-refractivity contribution < 1.29 is 9.21 Å². The number of thioether (sulfide) groups is 1. The van der Waals surface area contributed by atoms with Crippen molar-refractivity contribution >= 4 is 17.7 Å². The number of nitriles is 1. The Balaban J connectivity index is 1.57. The van der Waals surface area contributed by atoms with Gasteiger partial charge in [0.2, 0.25) is 11.8 Å². The minimum atomic E-state index is -0.779. The number of carbonyl (C=O) groups is 1. The monoisotopic (exact) mass is 342 g/mol. The predicted molar refractivity (Wildman–Crippen MR) is 90.1 cm³/mol. The first-order valence-electron chi connectivity index (χ1n) is 7.76. The molecular formula is C17H18N4O2S. The van der Waals surface area contributed by atoms with Crippen molar-refractivity contribution in [3.63, 3.8) is 0 Å². The summed E-state index contributed by atoms with van der Waals surface area (Å²) in [5.41, 5.74) is 1.18. The third kappa shape index (κ3) is 3.77. The average molecular weight is 342 g/mol. The number of aromatic nitrogens is 2. The predicted octanol–water partition coefficient (Wildman–Crippen LogP) is 2.95. The molecule has 1 amide bonds. The Morgan fingerprint density at radius 2 is 2.29 bits per heavy atom. The number of carbonyl (C=O) groups excluding carboxylic acids is 1. The van der Waals surface area contributed by atoms with Gasteiger partial charge in [0.1, 0.15) is 5.54 Å². The van der Waals surface area contributed by atoms with Crippen molar-refractivity contribution in [2.75, 3.05) is 5.75 Å². The van der Waals surface area contributed by atoms with E-state index < -0.39 is 5.54 Å². The normalized spacial score (nSPS) is 16.2. The molecule has 124 valence electrons. The lowest BCUT2D eigenvalue weighted by atomic mass is 9.98. The van der Waals surface area contributed by atoms with Gasteiger partial charge >= 0.3 is 0 Å². The van der Waals surface area contributed by atoms with Crippen LogP contribution in [0.3, 0.4) is 0 Å². The first kappa shape index (κ1) is 16.5. The van der Waals surface area contributed by atoms with Crippen molar-refractivity contribution in [3.05, 3.63) is 29.8 Å². The lowest BCUT2D eigenvalue weighted by Crippen LogP contribution is -2.47. The highest BCUT2D eigenvalue weighted by Gasteiger charge is 2.42. The van der Waals surface area contributed by atoms with Crippen LogP contribution in [0.2, 0.25) is 0 Å². The molecule has 1 heterocycles. The first-order valence-corrected chi connectivity index (χ1v) is 8.74. The molecule has 24 heavy (non-hydrogen) atoms. The van der Waals surface area contributed by atoms with Crippen LogP contribution >= 0.6 is 11.8 Å². The van der Waals surface area contributed by atoms with Crippen LogP contribution in [0.15, 0.2) is 33.9 Å². The SMILES string of the molecule is Cc1cccc(-c2nnc(SCC(=O)N[C@](C)(C#N)C3CC3)o2)c1. The fourth-order valence-corrected chi connectivity index (χ4v) is 3.06. The maximum absolute atomic E-state index is 12.1. The molecule has 1 aromatic carbocycles. The van der Waals surface area contributed by atoms with Crippen LogP contribution in [0.5, 0.6) is 0 Å². The molecule has 1 aliphatic rings. The van der Waals surface area contributed by atoms with E-state index in [-0.39, 0.29) is 17.6 Å². The van der Waals surface area contributed by atoms with Gasteiger partial charge in [-0.05, 0) is 44.7 Å². The summed E-state index contributed by atoms with van der Waals surface area (Å²) in [5, 5.41) is 20.4. The number of amides is 1. The second kappa shape index (κ2) is 6.65. The van der Waals surface area contributed by atoms with Gasteiger partial charge in [-0.25, -0.2) is 0 Å². The summed E-state index contributed by atoms with van der Waals surface area (Å²) >= 11 is 1.17. The van der Waals surface area contributed by atoms with Gasteiger partial charge in [0.05, 0.1) is 11.8 Å². The number of hydrogen-bond acceptors (Lipinski definition) is 6. The van der Waals surface area contributed by atoms with Crippen LogP contribution in [0, 0.1) is 24.2 Å². The van der Waals surface area contributed by atoms with E-state index in [1.165, 1.54) is 11.8 Å². The zero-order valence-electron chi connectivity index (χ0n) is 13.6. The molecule has 0 bridgehead atoms. The van der Waals surface area contributed by atoms with Gasteiger partial charge in [-0.2, -0.15) is 5.26 Å². The third-order valence-corrected chi connectivity index (χ3v) is 4.84. The van der Waals surface area contributed by atoms with Crippen molar-refractivity contribution in [1.29, 1.82) is 5.26 Å². The second-order valence-corrected chi connectivity index (χ2v) is 7.09. The third-order valence-electron chi connectivity index (χ3n) is 4.02. The number of aryl methyl sites for hydroxylation is 1. The number of nitrogens with one attached hydrogen (secondary N) is 1. The molecule has 1 atom stereocenters. The summed E-state index contributed by atoms with van der Waals surface area (Å²) in [5.74, 6) is 0.625. The molecule has 0 aliphatic heterocycles. The summed E-state index contributed by atoms with van der Waals surface area (Å²) in [7, 11) is 0. The van der Waals surface area contributed by atoms with Crippen LogP contribution in [0.25, 0.3) is 11.5 Å². The summed E-state index contributed by atoms with van der Waals surface area (Å²) in [4.78, 5) is 12.1. The Kier molecular flexibility index (Phi) is 4.58. The summed E-state index contributed by atoms with van der Waals surface area (Å²) in [6, 6.07) is 9.99. The van der Waals surface area contributed by atoms with E-state index in [4.69, 9.17) is 4.42 Å². The van der Waals surface area contributed by atoms with Crippen LogP contribution in [0.4, 0.5) is 0 Å². The minimum Gasteiger partial charge on any atom is -0.411 e. The number of rotatable bonds is 6. The Labute approximate surface area is 144 Å². The molecule has 6 nitrogen and oxygen atoms in total. The van der Waals surface area contributed by atoms with Gasteiger partial charge in [-0.15, -0.1) is 10.2 Å². The Morgan fingerprint density at radius 3 is 2.96 bits per heavy atom. The van der Waals surface area contributed by atoms with Crippen molar-refractivity contribution in [2.45, 2.75) is 37.5 Å². The molecule has 7 heteroatoms. The van der Waals surface area contributed by atoms with Crippen molar-refractivity contribution in [3.8, 4) is 17.5 Å². The van der Waals surface area contributed by atoms with Gasteiger partial charge in [0.25, 0.3) is 5.22 Å². The quantitative estimate of drug-likeness (QED) is 0.812. The van der Waals surface area contributed by atoms with Gasteiger partial charge in [-0.1, -0.05) is 29.5 Å². The Morgan fingerprint density at radius 1 is 1.50 bits per heavy atom. The minimum absolute atomic E-state index is 0.138.